The molecular weight excluding hydrogens is 322 g/mol. The number of nitrogens with zero attached hydrogens (tertiary/aromatic N) is 3. The smallest absolute Gasteiger partial charge is 0.337 e. The van der Waals surface area contributed by atoms with E-state index in [0.29, 0.717) is 29.8 Å². The van der Waals surface area contributed by atoms with E-state index in [1.54, 1.807) is 24.3 Å². The molecule has 0 fully saturated rings. The number of nitrogens with one attached hydrogen (secondary N) is 2. The van der Waals surface area contributed by atoms with Gasteiger partial charge >= 0.3 is 12.0 Å². The van der Waals surface area contributed by atoms with E-state index in [2.05, 4.69) is 37.2 Å². The number of ether oxygens (including phenoxy) is 2. The molecule has 0 saturated heterocycles. The van der Waals surface area contributed by atoms with Crippen LogP contribution in [0.3, 0.4) is 0 Å². The number of rotatable bonds is 8. The first-order valence-electron chi connectivity index (χ1n) is 8.18. The van der Waals surface area contributed by atoms with Crippen LogP contribution in [0, 0.1) is 0 Å². The minimum Gasteiger partial charge on any atom is -0.465 e. The van der Waals surface area contributed by atoms with Gasteiger partial charge in [-0.1, -0.05) is 6.92 Å². The van der Waals surface area contributed by atoms with E-state index in [-0.39, 0.29) is 12.1 Å². The van der Waals surface area contributed by atoms with E-state index < -0.39 is 5.97 Å². The normalized spacial score (nSPS) is 11.5. The van der Waals surface area contributed by atoms with Crippen LogP contribution in [-0.2, 0) is 4.74 Å². The van der Waals surface area contributed by atoms with Crippen LogP contribution < -0.4 is 15.4 Å². The van der Waals surface area contributed by atoms with Crippen molar-refractivity contribution in [1.29, 1.82) is 0 Å². The molecule has 1 aromatic carbocycles. The number of methoxy groups -OCH3 is 1. The van der Waals surface area contributed by atoms with Crippen molar-refractivity contribution in [2.75, 3.05) is 24.3 Å². The minimum absolute atomic E-state index is 0.169. The van der Waals surface area contributed by atoms with Crippen LogP contribution in [0.4, 0.5) is 11.9 Å². The maximum Gasteiger partial charge on any atom is 0.337 e. The van der Waals surface area contributed by atoms with Crippen molar-refractivity contribution in [2.24, 2.45) is 0 Å². The maximum atomic E-state index is 11.5. The molecule has 0 saturated carbocycles. The topological polar surface area (TPSA) is 98.3 Å². The number of hydrogen-bond donors (Lipinski definition) is 2. The third-order valence-corrected chi connectivity index (χ3v) is 3.42. The zero-order valence-corrected chi connectivity index (χ0v) is 14.9. The van der Waals surface area contributed by atoms with Gasteiger partial charge in [-0.05, 0) is 44.5 Å². The lowest BCUT2D eigenvalue weighted by Gasteiger charge is -2.13. The van der Waals surface area contributed by atoms with Gasteiger partial charge in [0, 0.05) is 12.6 Å². The first kappa shape index (κ1) is 18.4. The van der Waals surface area contributed by atoms with Gasteiger partial charge in [-0.2, -0.15) is 15.0 Å². The molecule has 0 radical (unpaired) electrons. The fraction of sp³-hybridized carbons (Fsp3) is 0.412. The van der Waals surface area contributed by atoms with Crippen LogP contribution in [-0.4, -0.2) is 40.6 Å². The molecule has 2 rings (SSSR count). The van der Waals surface area contributed by atoms with E-state index in [1.807, 2.05) is 13.8 Å². The second-order valence-electron chi connectivity index (χ2n) is 5.37. The van der Waals surface area contributed by atoms with Crippen LogP contribution in [0.25, 0.3) is 0 Å². The van der Waals surface area contributed by atoms with Crippen molar-refractivity contribution >= 4 is 17.9 Å². The van der Waals surface area contributed by atoms with Crippen molar-refractivity contribution in [2.45, 2.75) is 33.2 Å². The van der Waals surface area contributed by atoms with Crippen LogP contribution in [0.2, 0.25) is 0 Å². The summed E-state index contributed by atoms with van der Waals surface area (Å²) < 4.78 is 10.4. The van der Waals surface area contributed by atoms with Crippen molar-refractivity contribution in [3.8, 4) is 11.8 Å². The molecule has 8 heteroatoms. The van der Waals surface area contributed by atoms with E-state index in [1.165, 1.54) is 7.11 Å². The largest absolute Gasteiger partial charge is 0.465 e. The molecular formula is C17H23N5O3. The molecule has 134 valence electrons. The highest BCUT2D eigenvalue weighted by molar-refractivity contribution is 5.89. The fourth-order valence-corrected chi connectivity index (χ4v) is 1.91. The van der Waals surface area contributed by atoms with E-state index in [0.717, 1.165) is 6.42 Å². The highest BCUT2D eigenvalue weighted by atomic mass is 16.5. The second kappa shape index (κ2) is 8.81. The van der Waals surface area contributed by atoms with E-state index in [9.17, 15) is 4.79 Å². The third-order valence-electron chi connectivity index (χ3n) is 3.42. The Kier molecular flexibility index (Phi) is 6.50. The predicted molar refractivity (Wildman–Crippen MR) is 95.2 cm³/mol. The molecule has 0 amide bonds. The van der Waals surface area contributed by atoms with Gasteiger partial charge in [0.2, 0.25) is 11.9 Å². The first-order valence-corrected chi connectivity index (χ1v) is 8.18. The molecule has 0 aliphatic carbocycles. The van der Waals surface area contributed by atoms with Crippen molar-refractivity contribution in [3.63, 3.8) is 0 Å². The maximum absolute atomic E-state index is 11.5. The second-order valence-corrected chi connectivity index (χ2v) is 5.37. The molecule has 0 aliphatic rings. The van der Waals surface area contributed by atoms with Crippen LogP contribution in [0.5, 0.6) is 11.8 Å². The summed E-state index contributed by atoms with van der Waals surface area (Å²) in [5.41, 5.74) is 0.443. The first-order chi connectivity index (χ1) is 12.0. The zero-order chi connectivity index (χ0) is 18.2. The molecule has 1 heterocycles. The van der Waals surface area contributed by atoms with Crippen molar-refractivity contribution in [3.05, 3.63) is 29.8 Å². The van der Waals surface area contributed by atoms with E-state index >= 15 is 0 Å². The summed E-state index contributed by atoms with van der Waals surface area (Å²) >= 11 is 0. The van der Waals surface area contributed by atoms with Gasteiger partial charge in [0.25, 0.3) is 0 Å². The van der Waals surface area contributed by atoms with Gasteiger partial charge in [-0.3, -0.25) is 0 Å². The highest BCUT2D eigenvalue weighted by Gasteiger charge is 2.11. The van der Waals surface area contributed by atoms with E-state index in [4.69, 9.17) is 4.74 Å². The molecule has 25 heavy (non-hydrogen) atoms. The summed E-state index contributed by atoms with van der Waals surface area (Å²) in [4.78, 5) is 24.3. The molecule has 1 aromatic heterocycles. The number of carbonyl (C=O) groups is 1. The van der Waals surface area contributed by atoms with Crippen LogP contribution in [0.15, 0.2) is 24.3 Å². The molecule has 1 atom stereocenters. The number of esters is 1. The van der Waals surface area contributed by atoms with Gasteiger partial charge in [-0.25, -0.2) is 4.79 Å². The molecule has 2 N–H and O–H groups in total. The van der Waals surface area contributed by atoms with Gasteiger partial charge < -0.3 is 20.1 Å². The number of aromatic nitrogens is 3. The third kappa shape index (κ3) is 5.30. The standard InChI is InChI=1S/C17H23N5O3/c1-5-11(3)19-16-20-15(18-6-2)21-17(22-16)25-13-9-7-12(8-10-13)14(23)24-4/h7-11H,5-6H2,1-4H3,(H2,18,19,20,21,22). The van der Waals surface area contributed by atoms with Gasteiger partial charge in [-0.15, -0.1) is 0 Å². The van der Waals surface area contributed by atoms with Crippen LogP contribution >= 0.6 is 0 Å². The summed E-state index contributed by atoms with van der Waals surface area (Å²) in [5.74, 6) is 0.989. The Bertz CT molecular complexity index is 706. The number of hydrogen-bond acceptors (Lipinski definition) is 8. The van der Waals surface area contributed by atoms with Gasteiger partial charge in [0.15, 0.2) is 0 Å². The Hall–Kier alpha value is -2.90. The van der Waals surface area contributed by atoms with Crippen LogP contribution in [0.1, 0.15) is 37.6 Å². The molecule has 2 aromatic rings. The van der Waals surface area contributed by atoms with Crippen molar-refractivity contribution < 1.29 is 14.3 Å². The Balaban J connectivity index is 2.20. The number of anilines is 2. The number of carbonyl (C=O) groups excluding carboxylic acids is 1. The SMILES string of the molecule is CCNc1nc(NC(C)CC)nc(Oc2ccc(C(=O)OC)cc2)n1. The Morgan fingerprint density at radius 3 is 2.40 bits per heavy atom. The summed E-state index contributed by atoms with van der Waals surface area (Å²) in [6.07, 6.45) is 0.938. The Labute approximate surface area is 147 Å². The lowest BCUT2D eigenvalue weighted by atomic mass is 10.2. The summed E-state index contributed by atoms with van der Waals surface area (Å²) in [6, 6.07) is 6.94. The average Bonchev–Trinajstić information content (AvgIpc) is 2.61. The highest BCUT2D eigenvalue weighted by Crippen LogP contribution is 2.21. The van der Waals surface area contributed by atoms with Crippen molar-refractivity contribution in [1.82, 2.24) is 15.0 Å². The Morgan fingerprint density at radius 2 is 1.80 bits per heavy atom. The zero-order valence-electron chi connectivity index (χ0n) is 14.9. The molecule has 0 spiro atoms. The summed E-state index contributed by atoms with van der Waals surface area (Å²) in [6.45, 7) is 6.75. The fourth-order valence-electron chi connectivity index (χ4n) is 1.91. The molecule has 0 bridgehead atoms. The van der Waals surface area contributed by atoms with Gasteiger partial charge in [0.05, 0.1) is 12.7 Å². The molecule has 8 nitrogen and oxygen atoms in total. The lowest BCUT2D eigenvalue weighted by molar-refractivity contribution is 0.0600. The van der Waals surface area contributed by atoms with Gasteiger partial charge in [0.1, 0.15) is 5.75 Å². The monoisotopic (exact) mass is 345 g/mol. The number of benzene rings is 1. The molecule has 1 unspecified atom stereocenters. The quantitative estimate of drug-likeness (QED) is 0.704. The average molecular weight is 345 g/mol. The summed E-state index contributed by atoms with van der Waals surface area (Å²) in [5, 5.41) is 6.26. The predicted octanol–water partition coefficient (Wildman–Crippen LogP) is 3.09. The Morgan fingerprint density at radius 1 is 1.12 bits per heavy atom. The molecule has 0 aliphatic heterocycles. The summed E-state index contributed by atoms with van der Waals surface area (Å²) in [7, 11) is 1.34. The minimum atomic E-state index is -0.402. The lowest BCUT2D eigenvalue weighted by Crippen LogP contribution is -2.17.